The van der Waals surface area contributed by atoms with E-state index in [2.05, 4.69) is 63.8 Å². The number of hydrogen-bond acceptors (Lipinski definition) is 3. The lowest BCUT2D eigenvalue weighted by molar-refractivity contribution is 0.323. The molecule has 0 aliphatic carbocycles. The summed E-state index contributed by atoms with van der Waals surface area (Å²) in [5.41, 5.74) is 4.75. The molecule has 2 heterocycles. The third kappa shape index (κ3) is 5.03. The first kappa shape index (κ1) is 19.7. The number of nitrogens with zero attached hydrogens (tertiary/aromatic N) is 2. The summed E-state index contributed by atoms with van der Waals surface area (Å²) in [4.78, 5) is 12.3. The van der Waals surface area contributed by atoms with Crippen molar-refractivity contribution in [2.45, 2.75) is 33.7 Å². The normalized spacial score (nSPS) is 11.6. The molecule has 6 nitrogen and oxygen atoms in total. The first-order chi connectivity index (χ1) is 13.7. The predicted octanol–water partition coefficient (Wildman–Crippen LogP) is 3.57. The standard InChI is InChI=1S/C22H29N5O/c1-4-23-22(27-15-18-7-6-11-24-21(18)28-5-2)25-12-10-17-14-26-20-13-16(3)8-9-19(17)20/h6-9,11,13-14,26H,4-5,10,12,15H2,1-3H3,(H2,23,25,27). The van der Waals surface area contributed by atoms with E-state index in [4.69, 9.17) is 4.74 Å². The van der Waals surface area contributed by atoms with Crippen LogP contribution in [0, 0.1) is 6.92 Å². The van der Waals surface area contributed by atoms with E-state index in [1.54, 1.807) is 6.20 Å². The van der Waals surface area contributed by atoms with Gasteiger partial charge in [0, 0.05) is 41.9 Å². The van der Waals surface area contributed by atoms with Gasteiger partial charge in [-0.1, -0.05) is 18.2 Å². The molecule has 0 unspecified atom stereocenters. The molecule has 0 bridgehead atoms. The van der Waals surface area contributed by atoms with Crippen LogP contribution in [0.4, 0.5) is 0 Å². The number of fused-ring (bicyclic) bond motifs is 1. The van der Waals surface area contributed by atoms with E-state index >= 15 is 0 Å². The molecule has 0 aliphatic heterocycles. The summed E-state index contributed by atoms with van der Waals surface area (Å²) in [5, 5.41) is 8.00. The van der Waals surface area contributed by atoms with Gasteiger partial charge in [-0.05, 0) is 50.5 Å². The SMILES string of the molecule is CCNC(=NCc1cccnc1OCC)NCCc1c[nH]c2cc(C)ccc12. The van der Waals surface area contributed by atoms with Crippen molar-refractivity contribution in [2.24, 2.45) is 4.99 Å². The van der Waals surface area contributed by atoms with Gasteiger partial charge in [-0.2, -0.15) is 0 Å². The zero-order valence-corrected chi connectivity index (χ0v) is 16.9. The van der Waals surface area contributed by atoms with Crippen LogP contribution < -0.4 is 15.4 Å². The van der Waals surface area contributed by atoms with Gasteiger partial charge in [0.1, 0.15) is 0 Å². The van der Waals surface area contributed by atoms with Gasteiger partial charge in [-0.25, -0.2) is 9.98 Å². The highest BCUT2D eigenvalue weighted by Crippen LogP contribution is 2.19. The fourth-order valence-electron chi connectivity index (χ4n) is 3.14. The molecule has 3 rings (SSSR count). The number of nitrogens with one attached hydrogen (secondary N) is 3. The Balaban J connectivity index is 1.62. The van der Waals surface area contributed by atoms with Gasteiger partial charge >= 0.3 is 0 Å². The number of aromatic amines is 1. The molecule has 3 aromatic rings. The molecule has 0 saturated carbocycles. The van der Waals surface area contributed by atoms with Crippen molar-refractivity contribution >= 4 is 16.9 Å². The highest BCUT2D eigenvalue weighted by Gasteiger charge is 2.06. The summed E-state index contributed by atoms with van der Waals surface area (Å²) >= 11 is 0. The minimum atomic E-state index is 0.519. The van der Waals surface area contributed by atoms with Crippen molar-refractivity contribution in [1.82, 2.24) is 20.6 Å². The van der Waals surface area contributed by atoms with Gasteiger partial charge in [0.25, 0.3) is 0 Å². The Morgan fingerprint density at radius 2 is 2.07 bits per heavy atom. The maximum Gasteiger partial charge on any atom is 0.218 e. The molecule has 148 valence electrons. The molecule has 0 radical (unpaired) electrons. The van der Waals surface area contributed by atoms with Crippen molar-refractivity contribution in [1.29, 1.82) is 0 Å². The van der Waals surface area contributed by atoms with Crippen LogP contribution in [0.15, 0.2) is 47.7 Å². The van der Waals surface area contributed by atoms with Gasteiger partial charge in [-0.15, -0.1) is 0 Å². The van der Waals surface area contributed by atoms with E-state index < -0.39 is 0 Å². The molecule has 6 heteroatoms. The molecule has 0 spiro atoms. The molecular weight excluding hydrogens is 350 g/mol. The fraction of sp³-hybridized carbons (Fsp3) is 0.364. The lowest BCUT2D eigenvalue weighted by atomic mass is 10.1. The van der Waals surface area contributed by atoms with E-state index in [9.17, 15) is 0 Å². The summed E-state index contributed by atoms with van der Waals surface area (Å²) in [5.74, 6) is 1.45. The highest BCUT2D eigenvalue weighted by molar-refractivity contribution is 5.84. The molecule has 2 aromatic heterocycles. The van der Waals surface area contributed by atoms with Crippen LogP contribution in [0.5, 0.6) is 5.88 Å². The van der Waals surface area contributed by atoms with Crippen LogP contribution in [0.3, 0.4) is 0 Å². The minimum Gasteiger partial charge on any atom is -0.478 e. The number of ether oxygens (including phenoxy) is 1. The second kappa shape index (κ2) is 9.78. The Labute approximate surface area is 166 Å². The number of pyridine rings is 1. The van der Waals surface area contributed by atoms with E-state index in [1.807, 2.05) is 19.1 Å². The number of benzene rings is 1. The second-order valence-corrected chi connectivity index (χ2v) is 6.64. The van der Waals surface area contributed by atoms with Crippen molar-refractivity contribution in [3.63, 3.8) is 0 Å². The Hall–Kier alpha value is -3.02. The molecule has 0 fully saturated rings. The van der Waals surface area contributed by atoms with Gasteiger partial charge in [0.05, 0.1) is 13.2 Å². The fourth-order valence-corrected chi connectivity index (χ4v) is 3.14. The maximum atomic E-state index is 5.58. The quantitative estimate of drug-likeness (QED) is 0.413. The number of H-pyrrole nitrogens is 1. The average molecular weight is 380 g/mol. The zero-order valence-electron chi connectivity index (χ0n) is 16.9. The van der Waals surface area contributed by atoms with E-state index in [0.29, 0.717) is 19.0 Å². The number of aryl methyl sites for hydroxylation is 1. The molecule has 0 saturated heterocycles. The monoisotopic (exact) mass is 379 g/mol. The van der Waals surface area contributed by atoms with Crippen molar-refractivity contribution < 1.29 is 4.74 Å². The summed E-state index contributed by atoms with van der Waals surface area (Å²) in [7, 11) is 0. The Morgan fingerprint density at radius 1 is 1.18 bits per heavy atom. The zero-order chi connectivity index (χ0) is 19.8. The van der Waals surface area contributed by atoms with Gasteiger partial charge < -0.3 is 20.4 Å². The lowest BCUT2D eigenvalue weighted by Crippen LogP contribution is -2.38. The van der Waals surface area contributed by atoms with Crippen molar-refractivity contribution in [2.75, 3.05) is 19.7 Å². The van der Waals surface area contributed by atoms with Gasteiger partial charge in [-0.3, -0.25) is 0 Å². The second-order valence-electron chi connectivity index (χ2n) is 6.64. The largest absolute Gasteiger partial charge is 0.478 e. The molecule has 0 atom stereocenters. The van der Waals surface area contributed by atoms with Crippen LogP contribution >= 0.6 is 0 Å². The van der Waals surface area contributed by atoms with Crippen molar-refractivity contribution in [3.8, 4) is 5.88 Å². The Morgan fingerprint density at radius 3 is 2.89 bits per heavy atom. The van der Waals surface area contributed by atoms with Gasteiger partial charge in [0.2, 0.25) is 5.88 Å². The van der Waals surface area contributed by atoms with E-state index in [-0.39, 0.29) is 0 Å². The number of aliphatic imine (C=N–C) groups is 1. The van der Waals surface area contributed by atoms with Gasteiger partial charge in [0.15, 0.2) is 5.96 Å². The molecule has 1 aromatic carbocycles. The van der Waals surface area contributed by atoms with Crippen LogP contribution in [0.1, 0.15) is 30.5 Å². The first-order valence-corrected chi connectivity index (χ1v) is 9.86. The lowest BCUT2D eigenvalue weighted by Gasteiger charge is -2.12. The first-order valence-electron chi connectivity index (χ1n) is 9.86. The summed E-state index contributed by atoms with van der Waals surface area (Å²) in [6.45, 7) is 8.86. The predicted molar refractivity (Wildman–Crippen MR) is 115 cm³/mol. The van der Waals surface area contributed by atoms with Crippen LogP contribution in [0.25, 0.3) is 10.9 Å². The molecule has 0 amide bonds. The molecular formula is C22H29N5O. The number of hydrogen-bond donors (Lipinski definition) is 3. The van der Waals surface area contributed by atoms with E-state index in [0.717, 1.165) is 31.0 Å². The van der Waals surface area contributed by atoms with Crippen LogP contribution in [-0.4, -0.2) is 35.6 Å². The average Bonchev–Trinajstić information content (AvgIpc) is 3.09. The summed E-state index contributed by atoms with van der Waals surface area (Å²) in [6.07, 6.45) is 4.76. The Bertz CT molecular complexity index is 932. The molecule has 28 heavy (non-hydrogen) atoms. The summed E-state index contributed by atoms with van der Waals surface area (Å²) < 4.78 is 5.58. The number of aromatic nitrogens is 2. The third-order valence-corrected chi connectivity index (χ3v) is 4.49. The van der Waals surface area contributed by atoms with E-state index in [1.165, 1.54) is 22.0 Å². The maximum absolute atomic E-state index is 5.58. The highest BCUT2D eigenvalue weighted by atomic mass is 16.5. The number of rotatable bonds is 8. The van der Waals surface area contributed by atoms with Crippen LogP contribution in [-0.2, 0) is 13.0 Å². The van der Waals surface area contributed by atoms with Crippen molar-refractivity contribution in [3.05, 3.63) is 59.4 Å². The topological polar surface area (TPSA) is 74.3 Å². The third-order valence-electron chi connectivity index (χ3n) is 4.49. The number of guanidine groups is 1. The smallest absolute Gasteiger partial charge is 0.218 e. The minimum absolute atomic E-state index is 0.519. The summed E-state index contributed by atoms with van der Waals surface area (Å²) in [6, 6.07) is 10.4. The molecule has 3 N–H and O–H groups in total. The Kier molecular flexibility index (Phi) is 6.89. The molecule has 0 aliphatic rings. The van der Waals surface area contributed by atoms with Crippen LogP contribution in [0.2, 0.25) is 0 Å².